The quantitative estimate of drug-likeness (QED) is 0.803. The lowest BCUT2D eigenvalue weighted by atomic mass is 9.96. The molecule has 0 unspecified atom stereocenters. The first-order chi connectivity index (χ1) is 7.97. The Morgan fingerprint density at radius 2 is 2.00 bits per heavy atom. The molecule has 1 fully saturated rings. The molecule has 0 radical (unpaired) electrons. The molecule has 100 valence electrons. The lowest BCUT2D eigenvalue weighted by Crippen LogP contribution is -2.42. The van der Waals surface area contributed by atoms with E-state index in [1.165, 1.54) is 0 Å². The molecule has 0 atom stereocenters. The summed E-state index contributed by atoms with van der Waals surface area (Å²) in [5.41, 5.74) is 0.160. The number of amidine groups is 1. The van der Waals surface area contributed by atoms with Crippen LogP contribution in [0.1, 0.15) is 33.6 Å². The highest BCUT2D eigenvalue weighted by Gasteiger charge is 2.33. The van der Waals surface area contributed by atoms with Crippen LogP contribution >= 0.6 is 11.8 Å². The second-order valence-electron chi connectivity index (χ2n) is 4.32. The second kappa shape index (κ2) is 6.09. The van der Waals surface area contributed by atoms with Crippen LogP contribution in [0.25, 0.3) is 0 Å². The van der Waals surface area contributed by atoms with Crippen LogP contribution in [-0.4, -0.2) is 42.9 Å². The maximum Gasteiger partial charge on any atom is 0.157 e. The average Bonchev–Trinajstić information content (AvgIpc) is 2.73. The molecule has 0 aromatic rings. The Labute approximate surface area is 109 Å². The third-order valence-electron chi connectivity index (χ3n) is 3.31. The maximum absolute atomic E-state index is 11.3. The standard InChI is InChI=1S/C11H22N2O2S2/c1-4-11(5-2)9-16-10(13-11)12-7-8-17(14,15)6-3/h4-9H2,1-3H3,(H,12,13). The monoisotopic (exact) mass is 278 g/mol. The molecule has 1 heterocycles. The van der Waals surface area contributed by atoms with E-state index < -0.39 is 9.84 Å². The molecule has 1 rings (SSSR count). The van der Waals surface area contributed by atoms with Crippen LogP contribution in [0.3, 0.4) is 0 Å². The molecule has 1 aliphatic heterocycles. The van der Waals surface area contributed by atoms with E-state index in [4.69, 9.17) is 0 Å². The molecule has 17 heavy (non-hydrogen) atoms. The van der Waals surface area contributed by atoms with E-state index in [0.29, 0.717) is 6.54 Å². The van der Waals surface area contributed by atoms with Crippen LogP contribution in [0.2, 0.25) is 0 Å². The number of aliphatic imine (C=N–C) groups is 1. The van der Waals surface area contributed by atoms with Crippen LogP contribution < -0.4 is 5.32 Å². The van der Waals surface area contributed by atoms with Crippen LogP contribution in [0.15, 0.2) is 4.99 Å². The summed E-state index contributed by atoms with van der Waals surface area (Å²) in [6, 6.07) is 0. The first kappa shape index (κ1) is 14.8. The van der Waals surface area contributed by atoms with Crippen molar-refractivity contribution in [2.75, 3.05) is 23.8 Å². The van der Waals surface area contributed by atoms with E-state index in [-0.39, 0.29) is 17.0 Å². The molecular weight excluding hydrogens is 256 g/mol. The van der Waals surface area contributed by atoms with Crippen molar-refractivity contribution in [2.24, 2.45) is 4.99 Å². The van der Waals surface area contributed by atoms with E-state index in [2.05, 4.69) is 24.2 Å². The fraction of sp³-hybridized carbons (Fsp3) is 0.909. The van der Waals surface area contributed by atoms with Gasteiger partial charge in [-0.15, -0.1) is 0 Å². The highest BCUT2D eigenvalue weighted by atomic mass is 32.2. The van der Waals surface area contributed by atoms with Gasteiger partial charge >= 0.3 is 0 Å². The Morgan fingerprint density at radius 3 is 2.47 bits per heavy atom. The lowest BCUT2D eigenvalue weighted by Gasteiger charge is -2.25. The molecule has 1 saturated heterocycles. The molecule has 0 aromatic heterocycles. The molecule has 4 nitrogen and oxygen atoms in total. The predicted molar refractivity (Wildman–Crippen MR) is 75.5 cm³/mol. The second-order valence-corrected chi connectivity index (χ2v) is 7.76. The van der Waals surface area contributed by atoms with Crippen molar-refractivity contribution in [2.45, 2.75) is 39.2 Å². The Kier molecular flexibility index (Phi) is 5.31. The van der Waals surface area contributed by atoms with E-state index in [1.807, 2.05) is 0 Å². The van der Waals surface area contributed by atoms with Gasteiger partial charge in [0.1, 0.15) is 0 Å². The summed E-state index contributed by atoms with van der Waals surface area (Å²) in [5.74, 6) is 1.38. The summed E-state index contributed by atoms with van der Waals surface area (Å²) < 4.78 is 22.6. The van der Waals surface area contributed by atoms with Crippen LogP contribution in [0.5, 0.6) is 0 Å². The normalized spacial score (nSPS) is 21.7. The summed E-state index contributed by atoms with van der Waals surface area (Å²) in [5, 5.41) is 4.33. The Balaban J connectivity index is 2.49. The highest BCUT2D eigenvalue weighted by molar-refractivity contribution is 8.14. The average molecular weight is 278 g/mol. The number of rotatable bonds is 6. The van der Waals surface area contributed by atoms with Crippen molar-refractivity contribution in [1.82, 2.24) is 5.32 Å². The zero-order valence-electron chi connectivity index (χ0n) is 10.8. The molecule has 0 spiro atoms. The molecule has 0 saturated carbocycles. The zero-order valence-corrected chi connectivity index (χ0v) is 12.5. The molecule has 0 bridgehead atoms. The zero-order chi connectivity index (χ0) is 12.9. The van der Waals surface area contributed by atoms with Crippen molar-refractivity contribution in [3.63, 3.8) is 0 Å². The minimum atomic E-state index is -2.90. The Hall–Kier alpha value is -0.230. The van der Waals surface area contributed by atoms with Gasteiger partial charge < -0.3 is 5.32 Å². The largest absolute Gasteiger partial charge is 0.359 e. The van der Waals surface area contributed by atoms with Crippen molar-refractivity contribution in [3.8, 4) is 0 Å². The topological polar surface area (TPSA) is 58.5 Å². The number of nitrogens with one attached hydrogen (secondary N) is 1. The minimum absolute atomic E-state index is 0.153. The van der Waals surface area contributed by atoms with Gasteiger partial charge in [0.15, 0.2) is 15.0 Å². The molecule has 1 aliphatic rings. The Bertz CT molecular complexity index is 373. The Morgan fingerprint density at radius 1 is 1.35 bits per heavy atom. The summed E-state index contributed by atoms with van der Waals surface area (Å²) >= 11 is 1.70. The van der Waals surface area contributed by atoms with Gasteiger partial charge in [-0.25, -0.2) is 8.42 Å². The van der Waals surface area contributed by atoms with E-state index in [1.54, 1.807) is 18.7 Å². The van der Waals surface area contributed by atoms with E-state index in [0.717, 1.165) is 23.8 Å². The highest BCUT2D eigenvalue weighted by Crippen LogP contribution is 2.28. The summed E-state index contributed by atoms with van der Waals surface area (Å²) in [6.07, 6.45) is 2.14. The van der Waals surface area contributed by atoms with Gasteiger partial charge in [0.05, 0.1) is 12.3 Å². The van der Waals surface area contributed by atoms with Crippen molar-refractivity contribution in [1.29, 1.82) is 0 Å². The van der Waals surface area contributed by atoms with Crippen LogP contribution in [0, 0.1) is 0 Å². The fourth-order valence-electron chi connectivity index (χ4n) is 1.65. The van der Waals surface area contributed by atoms with Gasteiger partial charge in [0.25, 0.3) is 0 Å². The van der Waals surface area contributed by atoms with Gasteiger partial charge in [-0.05, 0) is 12.8 Å². The number of hydrogen-bond donors (Lipinski definition) is 1. The number of thioether (sulfide) groups is 1. The van der Waals surface area contributed by atoms with Crippen molar-refractivity contribution < 1.29 is 8.42 Å². The first-order valence-corrected chi connectivity index (χ1v) is 8.93. The third-order valence-corrected chi connectivity index (χ3v) is 6.19. The van der Waals surface area contributed by atoms with Gasteiger partial charge in [-0.3, -0.25) is 4.99 Å². The van der Waals surface area contributed by atoms with Gasteiger partial charge in [0.2, 0.25) is 0 Å². The van der Waals surface area contributed by atoms with Crippen molar-refractivity contribution >= 4 is 26.8 Å². The molecule has 1 N–H and O–H groups in total. The molecular formula is C11H22N2O2S2. The van der Waals surface area contributed by atoms with Crippen LogP contribution in [0.4, 0.5) is 0 Å². The minimum Gasteiger partial charge on any atom is -0.359 e. The molecule has 0 amide bonds. The number of sulfone groups is 1. The van der Waals surface area contributed by atoms with Crippen molar-refractivity contribution in [3.05, 3.63) is 0 Å². The molecule has 0 aliphatic carbocycles. The smallest absolute Gasteiger partial charge is 0.157 e. The van der Waals surface area contributed by atoms with E-state index >= 15 is 0 Å². The van der Waals surface area contributed by atoms with E-state index in [9.17, 15) is 8.42 Å². The first-order valence-electron chi connectivity index (χ1n) is 6.13. The maximum atomic E-state index is 11.3. The van der Waals surface area contributed by atoms with Crippen LogP contribution in [-0.2, 0) is 9.84 Å². The molecule has 6 heteroatoms. The number of hydrogen-bond acceptors (Lipinski definition) is 4. The number of nitrogens with zero attached hydrogens (tertiary/aromatic N) is 1. The predicted octanol–water partition coefficient (Wildman–Crippen LogP) is 1.67. The fourth-order valence-corrected chi connectivity index (χ4v) is 3.68. The summed E-state index contributed by atoms with van der Waals surface area (Å²) in [6.45, 7) is 6.38. The lowest BCUT2D eigenvalue weighted by molar-refractivity contribution is 0.407. The summed E-state index contributed by atoms with van der Waals surface area (Å²) in [4.78, 5) is 4.34. The summed E-state index contributed by atoms with van der Waals surface area (Å²) in [7, 11) is -2.90. The third kappa shape index (κ3) is 4.17. The van der Waals surface area contributed by atoms with Gasteiger partial charge in [-0.1, -0.05) is 32.5 Å². The van der Waals surface area contributed by atoms with Gasteiger partial charge in [-0.2, -0.15) is 0 Å². The SMILES string of the molecule is CCC1(CC)CSC(=NCCS(=O)(=O)CC)N1. The molecule has 0 aromatic carbocycles. The van der Waals surface area contributed by atoms with Gasteiger partial charge in [0, 0.05) is 17.0 Å².